The molecule has 0 aliphatic rings. The Morgan fingerprint density at radius 3 is 2.43 bits per heavy atom. The van der Waals surface area contributed by atoms with Crippen molar-refractivity contribution in [1.82, 2.24) is 14.8 Å². The molecule has 0 aliphatic heterocycles. The molecule has 3 nitrogen and oxygen atoms in total. The SMILES string of the molecule is CC(C)c1cc(-c2ccc(Cl)cc2)nn1-c1ccccn1. The Balaban J connectivity index is 2.11. The topological polar surface area (TPSA) is 30.7 Å². The van der Waals surface area contributed by atoms with Gasteiger partial charge in [-0.3, -0.25) is 0 Å². The maximum atomic E-state index is 5.95. The van der Waals surface area contributed by atoms with Crippen molar-refractivity contribution in [3.05, 3.63) is 65.4 Å². The van der Waals surface area contributed by atoms with Crippen molar-refractivity contribution in [3.63, 3.8) is 0 Å². The van der Waals surface area contributed by atoms with Crippen molar-refractivity contribution in [1.29, 1.82) is 0 Å². The van der Waals surface area contributed by atoms with Crippen LogP contribution in [-0.2, 0) is 0 Å². The quantitative estimate of drug-likeness (QED) is 0.701. The molecule has 0 unspecified atom stereocenters. The molecule has 2 aromatic heterocycles. The van der Waals surface area contributed by atoms with E-state index < -0.39 is 0 Å². The Morgan fingerprint density at radius 1 is 1.05 bits per heavy atom. The smallest absolute Gasteiger partial charge is 0.153 e. The molecule has 3 aromatic rings. The third-order valence-electron chi connectivity index (χ3n) is 3.33. The molecule has 0 saturated carbocycles. The second-order valence-corrected chi connectivity index (χ2v) is 5.65. The van der Waals surface area contributed by atoms with Gasteiger partial charge in [0.05, 0.1) is 5.69 Å². The fourth-order valence-electron chi connectivity index (χ4n) is 2.23. The first kappa shape index (κ1) is 13.8. The van der Waals surface area contributed by atoms with Crippen LogP contribution in [0.1, 0.15) is 25.5 Å². The summed E-state index contributed by atoms with van der Waals surface area (Å²) in [4.78, 5) is 4.39. The molecule has 0 aliphatic carbocycles. The summed E-state index contributed by atoms with van der Waals surface area (Å²) in [6, 6.07) is 15.7. The first-order valence-electron chi connectivity index (χ1n) is 6.92. The molecule has 0 amide bonds. The summed E-state index contributed by atoms with van der Waals surface area (Å²) in [7, 11) is 0. The summed E-state index contributed by atoms with van der Waals surface area (Å²) in [5.74, 6) is 1.20. The first-order valence-corrected chi connectivity index (χ1v) is 7.30. The third-order valence-corrected chi connectivity index (χ3v) is 3.59. The van der Waals surface area contributed by atoms with E-state index in [1.165, 1.54) is 0 Å². The molecule has 106 valence electrons. The van der Waals surface area contributed by atoms with Gasteiger partial charge in [-0.05, 0) is 36.2 Å². The summed E-state index contributed by atoms with van der Waals surface area (Å²) in [5, 5.41) is 5.44. The van der Waals surface area contributed by atoms with E-state index in [1.54, 1.807) is 6.20 Å². The average molecular weight is 298 g/mol. The van der Waals surface area contributed by atoms with E-state index in [9.17, 15) is 0 Å². The fraction of sp³-hybridized carbons (Fsp3) is 0.176. The average Bonchev–Trinajstić information content (AvgIpc) is 2.94. The van der Waals surface area contributed by atoms with Crippen LogP contribution >= 0.6 is 11.6 Å². The van der Waals surface area contributed by atoms with Crippen LogP contribution in [-0.4, -0.2) is 14.8 Å². The number of nitrogens with zero attached hydrogens (tertiary/aromatic N) is 3. The lowest BCUT2D eigenvalue weighted by Crippen LogP contribution is -2.05. The maximum absolute atomic E-state index is 5.95. The van der Waals surface area contributed by atoms with Gasteiger partial charge in [-0.1, -0.05) is 43.6 Å². The number of hydrogen-bond acceptors (Lipinski definition) is 2. The van der Waals surface area contributed by atoms with Crippen LogP contribution in [0.5, 0.6) is 0 Å². The summed E-state index contributed by atoms with van der Waals surface area (Å²) in [6.45, 7) is 4.31. The fourth-order valence-corrected chi connectivity index (χ4v) is 2.36. The highest BCUT2D eigenvalue weighted by molar-refractivity contribution is 6.30. The number of hydrogen-bond donors (Lipinski definition) is 0. The minimum Gasteiger partial charge on any atom is -0.237 e. The van der Waals surface area contributed by atoms with Crippen molar-refractivity contribution in [3.8, 4) is 17.1 Å². The molecule has 4 heteroatoms. The van der Waals surface area contributed by atoms with Crippen molar-refractivity contribution in [2.45, 2.75) is 19.8 Å². The van der Waals surface area contributed by atoms with Gasteiger partial charge >= 0.3 is 0 Å². The Kier molecular flexibility index (Phi) is 3.76. The molecule has 0 radical (unpaired) electrons. The van der Waals surface area contributed by atoms with E-state index in [0.717, 1.165) is 27.8 Å². The van der Waals surface area contributed by atoms with Gasteiger partial charge in [0.1, 0.15) is 0 Å². The van der Waals surface area contributed by atoms with E-state index in [0.29, 0.717) is 5.92 Å². The summed E-state index contributed by atoms with van der Waals surface area (Å²) < 4.78 is 1.91. The second-order valence-electron chi connectivity index (χ2n) is 5.22. The zero-order valence-corrected chi connectivity index (χ0v) is 12.7. The normalized spacial score (nSPS) is 11.0. The zero-order chi connectivity index (χ0) is 14.8. The van der Waals surface area contributed by atoms with Gasteiger partial charge in [0, 0.05) is 22.5 Å². The molecule has 0 saturated heterocycles. The number of halogens is 1. The van der Waals surface area contributed by atoms with Gasteiger partial charge in [0.25, 0.3) is 0 Å². The molecule has 0 bridgehead atoms. The van der Waals surface area contributed by atoms with Crippen LogP contribution in [0.15, 0.2) is 54.7 Å². The van der Waals surface area contributed by atoms with Crippen LogP contribution in [0.2, 0.25) is 5.02 Å². The first-order chi connectivity index (χ1) is 10.1. The second kappa shape index (κ2) is 5.70. The number of aromatic nitrogens is 3. The number of benzene rings is 1. The molecule has 0 atom stereocenters. The Labute approximate surface area is 129 Å². The predicted octanol–water partition coefficient (Wildman–Crippen LogP) is 4.71. The molecule has 0 fully saturated rings. The highest BCUT2D eigenvalue weighted by Crippen LogP contribution is 2.26. The van der Waals surface area contributed by atoms with Crippen molar-refractivity contribution < 1.29 is 0 Å². The number of pyridine rings is 1. The molecule has 0 N–H and O–H groups in total. The van der Waals surface area contributed by atoms with Crippen molar-refractivity contribution in [2.24, 2.45) is 0 Å². The summed E-state index contributed by atoms with van der Waals surface area (Å²) in [5.41, 5.74) is 3.12. The number of rotatable bonds is 3. The van der Waals surface area contributed by atoms with Gasteiger partial charge in [0.2, 0.25) is 0 Å². The zero-order valence-electron chi connectivity index (χ0n) is 12.0. The van der Waals surface area contributed by atoms with Crippen molar-refractivity contribution in [2.75, 3.05) is 0 Å². The van der Waals surface area contributed by atoms with Crippen LogP contribution < -0.4 is 0 Å². The molecule has 2 heterocycles. The molecule has 3 rings (SSSR count). The van der Waals surface area contributed by atoms with E-state index in [-0.39, 0.29) is 0 Å². The summed E-state index contributed by atoms with van der Waals surface area (Å²) >= 11 is 5.95. The molecule has 21 heavy (non-hydrogen) atoms. The van der Waals surface area contributed by atoms with Crippen LogP contribution in [0, 0.1) is 0 Å². The highest BCUT2D eigenvalue weighted by Gasteiger charge is 2.14. The van der Waals surface area contributed by atoms with Gasteiger partial charge in [-0.25, -0.2) is 9.67 Å². The minimum atomic E-state index is 0.362. The van der Waals surface area contributed by atoms with E-state index in [2.05, 4.69) is 24.9 Å². The largest absolute Gasteiger partial charge is 0.237 e. The van der Waals surface area contributed by atoms with E-state index >= 15 is 0 Å². The standard InChI is InChI=1S/C17H16ClN3/c1-12(2)16-11-15(13-6-8-14(18)9-7-13)20-21(16)17-5-3-4-10-19-17/h3-12H,1-2H3. The van der Waals surface area contributed by atoms with Crippen LogP contribution in [0.4, 0.5) is 0 Å². The van der Waals surface area contributed by atoms with Gasteiger partial charge in [0.15, 0.2) is 5.82 Å². The molecule has 0 spiro atoms. The molecular weight excluding hydrogens is 282 g/mol. The third kappa shape index (κ3) is 2.83. The van der Waals surface area contributed by atoms with E-state index in [4.69, 9.17) is 16.7 Å². The summed E-state index contributed by atoms with van der Waals surface area (Å²) in [6.07, 6.45) is 1.78. The van der Waals surface area contributed by atoms with Crippen molar-refractivity contribution >= 4 is 11.6 Å². The van der Waals surface area contributed by atoms with Gasteiger partial charge in [-0.15, -0.1) is 0 Å². The Morgan fingerprint density at radius 2 is 1.81 bits per heavy atom. The lowest BCUT2D eigenvalue weighted by Gasteiger charge is -2.08. The van der Waals surface area contributed by atoms with Crippen LogP contribution in [0.3, 0.4) is 0 Å². The van der Waals surface area contributed by atoms with Gasteiger partial charge in [-0.2, -0.15) is 5.10 Å². The lowest BCUT2D eigenvalue weighted by molar-refractivity contribution is 0.722. The minimum absolute atomic E-state index is 0.362. The Hall–Kier alpha value is -2.13. The van der Waals surface area contributed by atoms with Gasteiger partial charge < -0.3 is 0 Å². The molecular formula is C17H16ClN3. The molecule has 1 aromatic carbocycles. The Bertz CT molecular complexity index is 730. The maximum Gasteiger partial charge on any atom is 0.153 e. The predicted molar refractivity (Wildman–Crippen MR) is 85.9 cm³/mol. The lowest BCUT2D eigenvalue weighted by atomic mass is 10.1. The highest BCUT2D eigenvalue weighted by atomic mass is 35.5. The van der Waals surface area contributed by atoms with Crippen LogP contribution in [0.25, 0.3) is 17.1 Å². The monoisotopic (exact) mass is 297 g/mol. The van der Waals surface area contributed by atoms with E-state index in [1.807, 2.05) is 47.1 Å².